The maximum absolute atomic E-state index is 13.4. The van der Waals surface area contributed by atoms with Crippen LogP contribution in [0.25, 0.3) is 0 Å². The zero-order valence-electron chi connectivity index (χ0n) is 20.1. The van der Waals surface area contributed by atoms with Crippen LogP contribution in [0.3, 0.4) is 0 Å². The van der Waals surface area contributed by atoms with Crippen LogP contribution in [-0.4, -0.2) is 36.4 Å². The van der Waals surface area contributed by atoms with E-state index in [1.54, 1.807) is 40.0 Å². The molecule has 0 aliphatic carbocycles. The number of carbonyl (C=O) groups is 2. The summed E-state index contributed by atoms with van der Waals surface area (Å²) in [4.78, 5) is 26.1. The summed E-state index contributed by atoms with van der Waals surface area (Å²) in [6.45, 7) is 7.12. The highest BCUT2D eigenvalue weighted by atomic mass is 16.6. The van der Waals surface area contributed by atoms with Gasteiger partial charge in [-0.2, -0.15) is 0 Å². The van der Waals surface area contributed by atoms with Gasteiger partial charge in [0.15, 0.2) is 0 Å². The summed E-state index contributed by atoms with van der Waals surface area (Å²) >= 11 is 0. The Labute approximate surface area is 196 Å². The van der Waals surface area contributed by atoms with Crippen molar-refractivity contribution in [2.75, 3.05) is 13.7 Å². The zero-order chi connectivity index (χ0) is 24.4. The normalized spacial score (nSPS) is 14.0. The molecule has 0 aliphatic rings. The summed E-state index contributed by atoms with van der Waals surface area (Å²) in [6.07, 6.45) is 0.667. The van der Waals surface area contributed by atoms with Gasteiger partial charge in [0.25, 0.3) is 0 Å². The summed E-state index contributed by atoms with van der Waals surface area (Å²) in [5.41, 5.74) is 0.895. The number of benzene rings is 2. The molecule has 0 aliphatic heterocycles. The molecule has 0 aromatic heterocycles. The van der Waals surface area contributed by atoms with E-state index in [4.69, 9.17) is 9.47 Å². The Bertz CT molecular complexity index is 878. The topological polar surface area (TPSA) is 96.9 Å². The molecule has 0 radical (unpaired) electrons. The van der Waals surface area contributed by atoms with Crippen LogP contribution >= 0.6 is 0 Å². The van der Waals surface area contributed by atoms with Gasteiger partial charge in [-0.3, -0.25) is 4.79 Å². The number of aliphatic hydroxyl groups is 1. The van der Waals surface area contributed by atoms with Crippen LogP contribution in [0.1, 0.15) is 63.7 Å². The van der Waals surface area contributed by atoms with Gasteiger partial charge in [0.2, 0.25) is 5.91 Å². The van der Waals surface area contributed by atoms with Crippen molar-refractivity contribution in [2.24, 2.45) is 5.92 Å². The van der Waals surface area contributed by atoms with E-state index in [1.165, 1.54) is 0 Å². The molecule has 0 fully saturated rings. The molecule has 0 saturated carbocycles. The number of ether oxygens (including phenoxy) is 2. The first kappa shape index (κ1) is 26.2. The third-order valence-electron chi connectivity index (χ3n) is 5.19. The van der Waals surface area contributed by atoms with Crippen molar-refractivity contribution in [1.82, 2.24) is 10.6 Å². The van der Waals surface area contributed by atoms with Crippen LogP contribution in [0.15, 0.2) is 54.6 Å². The highest BCUT2D eigenvalue weighted by Gasteiger charge is 2.33. The number of amides is 2. The van der Waals surface area contributed by atoms with Crippen molar-refractivity contribution in [2.45, 2.75) is 58.2 Å². The predicted octanol–water partition coefficient (Wildman–Crippen LogP) is 4.53. The van der Waals surface area contributed by atoms with Gasteiger partial charge in [-0.25, -0.2) is 4.79 Å². The van der Waals surface area contributed by atoms with E-state index in [0.29, 0.717) is 12.2 Å². The zero-order valence-corrected chi connectivity index (χ0v) is 20.1. The van der Waals surface area contributed by atoms with E-state index < -0.39 is 29.7 Å². The lowest BCUT2D eigenvalue weighted by Gasteiger charge is -2.30. The van der Waals surface area contributed by atoms with Crippen LogP contribution in [0.5, 0.6) is 5.75 Å². The van der Waals surface area contributed by atoms with Crippen molar-refractivity contribution in [3.63, 3.8) is 0 Å². The average Bonchev–Trinajstić information content (AvgIpc) is 2.79. The first-order chi connectivity index (χ1) is 15.7. The minimum atomic E-state index is -0.674. The summed E-state index contributed by atoms with van der Waals surface area (Å²) in [5, 5.41) is 15.8. The van der Waals surface area contributed by atoms with Crippen molar-refractivity contribution in [3.05, 3.63) is 65.7 Å². The fourth-order valence-electron chi connectivity index (χ4n) is 3.62. The summed E-state index contributed by atoms with van der Waals surface area (Å²) < 4.78 is 10.7. The first-order valence-corrected chi connectivity index (χ1v) is 11.3. The molecule has 2 amide bonds. The number of methoxy groups -OCH3 is 1. The van der Waals surface area contributed by atoms with Crippen molar-refractivity contribution in [3.8, 4) is 5.75 Å². The fourth-order valence-corrected chi connectivity index (χ4v) is 3.62. The van der Waals surface area contributed by atoms with Gasteiger partial charge < -0.3 is 25.2 Å². The molecule has 0 saturated heterocycles. The van der Waals surface area contributed by atoms with E-state index in [0.717, 1.165) is 17.5 Å². The molecule has 3 atom stereocenters. The first-order valence-electron chi connectivity index (χ1n) is 11.3. The minimum absolute atomic E-state index is 0.235. The molecule has 0 bridgehead atoms. The minimum Gasteiger partial charge on any atom is -0.497 e. The SMILES string of the molecule is CCC[C@@H](C(=O)N[C@H](CO)c1ccccc1)[C@@H](NC(=O)OC(C)(C)C)c1ccc(OC)cc1. The molecule has 2 aromatic rings. The highest BCUT2D eigenvalue weighted by molar-refractivity contribution is 5.81. The molecule has 2 aromatic carbocycles. The number of rotatable bonds is 10. The van der Waals surface area contributed by atoms with Crippen LogP contribution in [0.2, 0.25) is 0 Å². The Morgan fingerprint density at radius 3 is 2.12 bits per heavy atom. The van der Waals surface area contributed by atoms with Crippen LogP contribution in [-0.2, 0) is 9.53 Å². The third kappa shape index (κ3) is 8.09. The molecule has 7 heteroatoms. The quantitative estimate of drug-likeness (QED) is 0.488. The van der Waals surface area contributed by atoms with Crippen LogP contribution < -0.4 is 15.4 Å². The van der Waals surface area contributed by atoms with Crippen molar-refractivity contribution in [1.29, 1.82) is 0 Å². The molecule has 33 heavy (non-hydrogen) atoms. The molecule has 0 unspecified atom stereocenters. The molecule has 180 valence electrons. The van der Waals surface area contributed by atoms with E-state index >= 15 is 0 Å². The Morgan fingerprint density at radius 2 is 1.61 bits per heavy atom. The van der Waals surface area contributed by atoms with Gasteiger partial charge in [0, 0.05) is 0 Å². The third-order valence-corrected chi connectivity index (χ3v) is 5.19. The molecular weight excluding hydrogens is 420 g/mol. The smallest absolute Gasteiger partial charge is 0.408 e. The number of hydrogen-bond donors (Lipinski definition) is 3. The predicted molar refractivity (Wildman–Crippen MR) is 128 cm³/mol. The Morgan fingerprint density at radius 1 is 0.970 bits per heavy atom. The van der Waals surface area contributed by atoms with Gasteiger partial charge in [-0.15, -0.1) is 0 Å². The van der Waals surface area contributed by atoms with Gasteiger partial charge in [-0.1, -0.05) is 55.8 Å². The van der Waals surface area contributed by atoms with Gasteiger partial charge in [0.05, 0.1) is 31.7 Å². The second-order valence-corrected chi connectivity index (χ2v) is 8.95. The number of hydrogen-bond acceptors (Lipinski definition) is 5. The standard InChI is InChI=1S/C26H36N2O5/c1-6-10-21(24(30)27-22(17-29)18-11-8-7-9-12-18)23(28-25(31)33-26(2,3)4)19-13-15-20(32-5)16-14-19/h7-9,11-16,21-23,29H,6,10,17H2,1-5H3,(H,27,30)(H,28,31)/t21-,22-,23+/m1/s1. The lowest BCUT2D eigenvalue weighted by atomic mass is 9.88. The number of alkyl carbamates (subject to hydrolysis) is 1. The van der Waals surface area contributed by atoms with Crippen LogP contribution in [0.4, 0.5) is 4.79 Å². The largest absolute Gasteiger partial charge is 0.497 e. The highest BCUT2D eigenvalue weighted by Crippen LogP contribution is 2.29. The lowest BCUT2D eigenvalue weighted by molar-refractivity contribution is -0.127. The van der Waals surface area contributed by atoms with E-state index in [1.807, 2.05) is 49.4 Å². The van der Waals surface area contributed by atoms with Gasteiger partial charge in [-0.05, 0) is 50.5 Å². The second-order valence-electron chi connectivity index (χ2n) is 8.95. The van der Waals surface area contributed by atoms with E-state index in [2.05, 4.69) is 10.6 Å². The number of carbonyl (C=O) groups excluding carboxylic acids is 2. The molecule has 0 heterocycles. The van der Waals surface area contributed by atoms with E-state index in [-0.39, 0.29) is 12.5 Å². The average molecular weight is 457 g/mol. The number of nitrogens with one attached hydrogen (secondary N) is 2. The Kier molecular flexibility index (Phi) is 9.73. The van der Waals surface area contributed by atoms with Crippen LogP contribution in [0, 0.1) is 5.92 Å². The molecule has 3 N–H and O–H groups in total. The monoisotopic (exact) mass is 456 g/mol. The lowest BCUT2D eigenvalue weighted by Crippen LogP contribution is -2.44. The van der Waals surface area contributed by atoms with Crippen molar-refractivity contribution >= 4 is 12.0 Å². The second kappa shape index (κ2) is 12.3. The number of aliphatic hydroxyl groups excluding tert-OH is 1. The molecule has 2 rings (SSSR count). The van der Waals surface area contributed by atoms with Gasteiger partial charge >= 0.3 is 6.09 Å². The van der Waals surface area contributed by atoms with E-state index in [9.17, 15) is 14.7 Å². The maximum atomic E-state index is 13.4. The summed E-state index contributed by atoms with van der Waals surface area (Å²) in [6, 6.07) is 15.4. The summed E-state index contributed by atoms with van der Waals surface area (Å²) in [5.74, 6) is -0.152. The van der Waals surface area contributed by atoms with Gasteiger partial charge in [0.1, 0.15) is 11.4 Å². The molecule has 0 spiro atoms. The molecule has 7 nitrogen and oxygen atoms in total. The Balaban J connectivity index is 2.35. The van der Waals surface area contributed by atoms with Crippen molar-refractivity contribution < 1.29 is 24.2 Å². The molecular formula is C26H36N2O5. The summed E-state index contributed by atoms with van der Waals surface area (Å²) in [7, 11) is 1.58. The fraction of sp³-hybridized carbons (Fsp3) is 0.462. The maximum Gasteiger partial charge on any atom is 0.408 e. The Hall–Kier alpha value is -3.06.